The summed E-state index contributed by atoms with van der Waals surface area (Å²) in [5.74, 6) is 1.81. The number of nitrogens with zero attached hydrogens (tertiary/aromatic N) is 2. The Hall–Kier alpha value is -1.05. The van der Waals surface area contributed by atoms with E-state index in [-0.39, 0.29) is 5.91 Å². The lowest BCUT2D eigenvalue weighted by atomic mass is 9.97. The van der Waals surface area contributed by atoms with E-state index in [0.29, 0.717) is 11.4 Å². The molecule has 3 heterocycles. The highest BCUT2D eigenvalue weighted by Gasteiger charge is 2.30. The first kappa shape index (κ1) is 14.9. The van der Waals surface area contributed by atoms with Gasteiger partial charge in [-0.15, -0.1) is 11.3 Å². The van der Waals surface area contributed by atoms with Crippen LogP contribution < -0.4 is 5.32 Å². The van der Waals surface area contributed by atoms with Crippen LogP contribution in [-0.2, 0) is 7.05 Å². The summed E-state index contributed by atoms with van der Waals surface area (Å²) in [5, 5.41) is 18.7. The number of thioether (sulfide) groups is 1. The lowest BCUT2D eigenvalue weighted by molar-refractivity contribution is 0.0312. The highest BCUT2D eigenvalue weighted by atomic mass is 32.2. The van der Waals surface area contributed by atoms with Crippen LogP contribution in [-0.4, -0.2) is 44.4 Å². The summed E-state index contributed by atoms with van der Waals surface area (Å²) >= 11 is 3.30. The number of carbonyl (C=O) groups excluding carboxylic acids is 1. The van der Waals surface area contributed by atoms with Crippen LogP contribution in [0.25, 0.3) is 10.2 Å². The number of thiophene rings is 1. The molecule has 1 saturated heterocycles. The number of carbonyl (C=O) groups is 1. The normalized spacial score (nSPS) is 18.0. The van der Waals surface area contributed by atoms with E-state index in [1.54, 1.807) is 4.68 Å². The molecule has 7 heteroatoms. The Labute approximate surface area is 131 Å². The second kappa shape index (κ2) is 5.62. The van der Waals surface area contributed by atoms with Gasteiger partial charge in [-0.3, -0.25) is 9.48 Å². The van der Waals surface area contributed by atoms with Gasteiger partial charge in [0.2, 0.25) is 0 Å². The fraction of sp³-hybridized carbons (Fsp3) is 0.571. The van der Waals surface area contributed by atoms with Crippen molar-refractivity contribution in [2.75, 3.05) is 18.1 Å². The Morgan fingerprint density at radius 1 is 1.52 bits per heavy atom. The molecule has 1 amide bonds. The third-order valence-electron chi connectivity index (χ3n) is 3.92. The Bertz CT molecular complexity index is 637. The smallest absolute Gasteiger partial charge is 0.261 e. The number of nitrogens with one attached hydrogen (secondary N) is 1. The maximum absolute atomic E-state index is 12.3. The number of hydrogen-bond acceptors (Lipinski definition) is 5. The molecular formula is C14H19N3O2S2. The molecule has 0 aromatic carbocycles. The zero-order chi connectivity index (χ0) is 15.0. The van der Waals surface area contributed by atoms with Crippen LogP contribution in [0.2, 0.25) is 0 Å². The summed E-state index contributed by atoms with van der Waals surface area (Å²) in [4.78, 5) is 14.0. The van der Waals surface area contributed by atoms with Gasteiger partial charge in [0.15, 0.2) is 0 Å². The summed E-state index contributed by atoms with van der Waals surface area (Å²) in [6, 6.07) is 1.89. The van der Waals surface area contributed by atoms with E-state index < -0.39 is 5.60 Å². The van der Waals surface area contributed by atoms with Crippen LogP contribution in [0.15, 0.2) is 6.07 Å². The highest BCUT2D eigenvalue weighted by Crippen LogP contribution is 2.28. The van der Waals surface area contributed by atoms with E-state index in [1.807, 2.05) is 31.8 Å². The van der Waals surface area contributed by atoms with Crippen LogP contribution >= 0.6 is 23.1 Å². The number of aliphatic hydroxyl groups is 1. The van der Waals surface area contributed by atoms with Gasteiger partial charge in [0.1, 0.15) is 4.83 Å². The quantitative estimate of drug-likeness (QED) is 0.905. The SMILES string of the molecule is Cc1nn(C)c2sc(C(=O)NCC3(O)CCSCC3)cc12. The van der Waals surface area contributed by atoms with Gasteiger partial charge in [0.05, 0.1) is 16.2 Å². The van der Waals surface area contributed by atoms with Crippen molar-refractivity contribution in [1.29, 1.82) is 0 Å². The van der Waals surface area contributed by atoms with Gasteiger partial charge in [0.25, 0.3) is 5.91 Å². The van der Waals surface area contributed by atoms with Gasteiger partial charge in [-0.1, -0.05) is 0 Å². The third-order valence-corrected chi connectivity index (χ3v) is 6.11. The molecule has 3 rings (SSSR count). The highest BCUT2D eigenvalue weighted by molar-refractivity contribution is 7.99. The summed E-state index contributed by atoms with van der Waals surface area (Å²) in [6.07, 6.45) is 1.49. The average Bonchev–Trinajstić information content (AvgIpc) is 3.00. The fourth-order valence-corrected chi connectivity index (χ4v) is 4.87. The maximum Gasteiger partial charge on any atom is 0.261 e. The predicted octanol–water partition coefficient (Wildman–Crippen LogP) is 1.93. The molecule has 114 valence electrons. The van der Waals surface area contributed by atoms with E-state index in [9.17, 15) is 9.90 Å². The second-order valence-corrected chi connectivity index (χ2v) is 7.81. The van der Waals surface area contributed by atoms with Crippen molar-refractivity contribution in [2.45, 2.75) is 25.4 Å². The first-order chi connectivity index (χ1) is 9.98. The number of fused-ring (bicyclic) bond motifs is 1. The van der Waals surface area contributed by atoms with Crippen molar-refractivity contribution in [3.8, 4) is 0 Å². The van der Waals surface area contributed by atoms with Crippen LogP contribution in [0, 0.1) is 6.92 Å². The van der Waals surface area contributed by atoms with E-state index in [1.165, 1.54) is 11.3 Å². The Morgan fingerprint density at radius 2 is 2.24 bits per heavy atom. The molecule has 0 aliphatic carbocycles. The summed E-state index contributed by atoms with van der Waals surface area (Å²) < 4.78 is 1.80. The number of hydrogen-bond donors (Lipinski definition) is 2. The predicted molar refractivity (Wildman–Crippen MR) is 87.2 cm³/mol. The van der Waals surface area contributed by atoms with Gasteiger partial charge >= 0.3 is 0 Å². The van der Waals surface area contributed by atoms with Crippen LogP contribution in [0.4, 0.5) is 0 Å². The minimum absolute atomic E-state index is 0.109. The molecule has 21 heavy (non-hydrogen) atoms. The molecule has 0 spiro atoms. The van der Waals surface area contributed by atoms with Crippen molar-refractivity contribution in [2.24, 2.45) is 7.05 Å². The van der Waals surface area contributed by atoms with Gasteiger partial charge in [-0.05, 0) is 37.3 Å². The Kier molecular flexibility index (Phi) is 3.98. The molecule has 0 bridgehead atoms. The van der Waals surface area contributed by atoms with Crippen molar-refractivity contribution in [1.82, 2.24) is 15.1 Å². The molecule has 0 unspecified atom stereocenters. The van der Waals surface area contributed by atoms with Crippen molar-refractivity contribution >= 4 is 39.2 Å². The molecule has 0 atom stereocenters. The molecule has 5 nitrogen and oxygen atoms in total. The number of amides is 1. The lowest BCUT2D eigenvalue weighted by Gasteiger charge is -2.31. The standard InChI is InChI=1S/C14H19N3O2S2/c1-9-10-7-11(21-13(10)17(2)16-9)12(18)15-8-14(19)3-5-20-6-4-14/h7,19H,3-6,8H2,1-2H3,(H,15,18). The Balaban J connectivity index is 1.70. The summed E-state index contributed by atoms with van der Waals surface area (Å²) in [7, 11) is 1.88. The number of aryl methyl sites for hydroxylation is 2. The van der Waals surface area contributed by atoms with E-state index in [0.717, 1.165) is 40.3 Å². The third kappa shape index (κ3) is 2.95. The van der Waals surface area contributed by atoms with Gasteiger partial charge in [-0.2, -0.15) is 16.9 Å². The topological polar surface area (TPSA) is 67.2 Å². The minimum Gasteiger partial charge on any atom is -0.388 e. The molecule has 2 N–H and O–H groups in total. The van der Waals surface area contributed by atoms with Crippen LogP contribution in [0.5, 0.6) is 0 Å². The van der Waals surface area contributed by atoms with Gasteiger partial charge in [0, 0.05) is 19.0 Å². The molecule has 0 radical (unpaired) electrons. The molecular weight excluding hydrogens is 306 g/mol. The first-order valence-corrected chi connectivity index (χ1v) is 8.97. The van der Waals surface area contributed by atoms with Gasteiger partial charge in [-0.25, -0.2) is 0 Å². The monoisotopic (exact) mass is 325 g/mol. The number of rotatable bonds is 3. The van der Waals surface area contributed by atoms with Crippen LogP contribution in [0.3, 0.4) is 0 Å². The molecule has 2 aromatic rings. The van der Waals surface area contributed by atoms with Crippen molar-refractivity contribution in [3.63, 3.8) is 0 Å². The molecule has 0 saturated carbocycles. The minimum atomic E-state index is -0.741. The first-order valence-electron chi connectivity index (χ1n) is 7.00. The van der Waals surface area contributed by atoms with Crippen molar-refractivity contribution in [3.05, 3.63) is 16.6 Å². The van der Waals surface area contributed by atoms with E-state index in [2.05, 4.69) is 10.4 Å². The summed E-state index contributed by atoms with van der Waals surface area (Å²) in [5.41, 5.74) is 0.195. The zero-order valence-electron chi connectivity index (χ0n) is 12.2. The number of aromatic nitrogens is 2. The molecule has 1 aliphatic rings. The largest absolute Gasteiger partial charge is 0.388 e. The van der Waals surface area contributed by atoms with E-state index >= 15 is 0 Å². The molecule has 1 aliphatic heterocycles. The van der Waals surface area contributed by atoms with Crippen molar-refractivity contribution < 1.29 is 9.90 Å². The van der Waals surface area contributed by atoms with Crippen LogP contribution in [0.1, 0.15) is 28.2 Å². The fourth-order valence-electron chi connectivity index (χ4n) is 2.58. The average molecular weight is 325 g/mol. The molecule has 1 fully saturated rings. The van der Waals surface area contributed by atoms with Gasteiger partial charge < -0.3 is 10.4 Å². The maximum atomic E-state index is 12.3. The second-order valence-electron chi connectivity index (χ2n) is 5.56. The molecule has 2 aromatic heterocycles. The zero-order valence-corrected chi connectivity index (χ0v) is 13.8. The van der Waals surface area contributed by atoms with E-state index in [4.69, 9.17) is 0 Å². The lowest BCUT2D eigenvalue weighted by Crippen LogP contribution is -2.45. The Morgan fingerprint density at radius 3 is 2.90 bits per heavy atom. The summed E-state index contributed by atoms with van der Waals surface area (Å²) in [6.45, 7) is 2.27.